The van der Waals surface area contributed by atoms with Gasteiger partial charge in [-0.1, -0.05) is 42.1 Å². The van der Waals surface area contributed by atoms with Crippen molar-refractivity contribution in [2.45, 2.75) is 5.16 Å². The minimum Gasteiger partial charge on any atom is -0.301 e. The van der Waals surface area contributed by atoms with Crippen LogP contribution in [0.15, 0.2) is 57.2 Å². The largest absolute Gasteiger partial charge is 0.301 e. The van der Waals surface area contributed by atoms with Gasteiger partial charge >= 0.3 is 0 Å². The number of carbonyl (C=O) groups excluding carboxylic acids is 1. The Hall–Kier alpha value is -2.49. The molecule has 0 aliphatic rings. The summed E-state index contributed by atoms with van der Waals surface area (Å²) in [7, 11) is 0. The van der Waals surface area contributed by atoms with Gasteiger partial charge in [0.25, 0.3) is 5.56 Å². The first-order valence-electron chi connectivity index (χ1n) is 7.60. The summed E-state index contributed by atoms with van der Waals surface area (Å²) >= 11 is 3.96. The molecule has 1 aromatic carbocycles. The Morgan fingerprint density at radius 1 is 1.23 bits per heavy atom. The van der Waals surface area contributed by atoms with E-state index >= 15 is 0 Å². The number of thiazole rings is 1. The van der Waals surface area contributed by atoms with Crippen molar-refractivity contribution in [2.24, 2.45) is 0 Å². The minimum atomic E-state index is -0.196. The Balaban J connectivity index is 1.55. The number of nitrogens with one attached hydrogen (secondary N) is 2. The summed E-state index contributed by atoms with van der Waals surface area (Å²) in [5.41, 5.74) is 1.66. The predicted octanol–water partition coefficient (Wildman–Crippen LogP) is 3.84. The van der Waals surface area contributed by atoms with Crippen molar-refractivity contribution in [3.8, 4) is 11.1 Å². The van der Waals surface area contributed by atoms with E-state index in [0.29, 0.717) is 20.5 Å². The Kier molecular flexibility index (Phi) is 4.83. The summed E-state index contributed by atoms with van der Waals surface area (Å²) in [5.74, 6) is -0.0471. The van der Waals surface area contributed by atoms with E-state index in [9.17, 15) is 9.59 Å². The van der Waals surface area contributed by atoms with Gasteiger partial charge in [0, 0.05) is 22.5 Å². The lowest BCUT2D eigenvalue weighted by molar-refractivity contribution is -0.113. The molecule has 130 valence electrons. The van der Waals surface area contributed by atoms with E-state index in [-0.39, 0.29) is 17.2 Å². The zero-order valence-corrected chi connectivity index (χ0v) is 15.7. The Bertz CT molecular complexity index is 1100. The molecule has 6 nitrogen and oxygen atoms in total. The number of benzene rings is 1. The molecular weight excluding hydrogens is 388 g/mol. The van der Waals surface area contributed by atoms with Gasteiger partial charge in [-0.25, -0.2) is 9.97 Å². The first-order valence-corrected chi connectivity index (χ1v) is 10.3. The quantitative estimate of drug-likeness (QED) is 0.393. The van der Waals surface area contributed by atoms with Gasteiger partial charge in [0.2, 0.25) is 5.91 Å². The van der Waals surface area contributed by atoms with Gasteiger partial charge in [-0.3, -0.25) is 9.59 Å². The maximum Gasteiger partial charge on any atom is 0.260 e. The molecule has 0 spiro atoms. The first kappa shape index (κ1) is 17.0. The van der Waals surface area contributed by atoms with Crippen LogP contribution in [0.2, 0.25) is 0 Å². The molecular formula is C17H12N4O2S3. The van der Waals surface area contributed by atoms with E-state index in [2.05, 4.69) is 20.3 Å². The normalized spacial score (nSPS) is 10.9. The van der Waals surface area contributed by atoms with Crippen LogP contribution in [0.3, 0.4) is 0 Å². The SMILES string of the molecule is O=C(CSc1nc2scc(-c3ccccc3)c2c(=O)[nH]1)Nc1nccs1. The van der Waals surface area contributed by atoms with Crippen LogP contribution in [0.25, 0.3) is 21.3 Å². The van der Waals surface area contributed by atoms with Crippen molar-refractivity contribution in [3.63, 3.8) is 0 Å². The summed E-state index contributed by atoms with van der Waals surface area (Å²) in [5, 5.41) is 7.99. The van der Waals surface area contributed by atoms with Crippen LogP contribution in [0.1, 0.15) is 0 Å². The number of anilines is 1. The van der Waals surface area contributed by atoms with Gasteiger partial charge < -0.3 is 10.3 Å². The lowest BCUT2D eigenvalue weighted by Crippen LogP contribution is -2.15. The average molecular weight is 401 g/mol. The summed E-state index contributed by atoms with van der Waals surface area (Å²) in [4.78, 5) is 36.4. The Labute approximate surface area is 160 Å². The molecule has 1 amide bonds. The number of hydrogen-bond donors (Lipinski definition) is 2. The smallest absolute Gasteiger partial charge is 0.260 e. The zero-order chi connectivity index (χ0) is 17.9. The molecule has 26 heavy (non-hydrogen) atoms. The number of rotatable bonds is 5. The molecule has 0 aliphatic carbocycles. The van der Waals surface area contributed by atoms with Crippen LogP contribution < -0.4 is 10.9 Å². The third-order valence-electron chi connectivity index (χ3n) is 3.53. The number of fused-ring (bicyclic) bond motifs is 1. The van der Waals surface area contributed by atoms with Crippen molar-refractivity contribution in [1.82, 2.24) is 15.0 Å². The Morgan fingerprint density at radius 2 is 2.08 bits per heavy atom. The van der Waals surface area contributed by atoms with Gasteiger partial charge in [-0.05, 0) is 5.56 Å². The summed E-state index contributed by atoms with van der Waals surface area (Å²) < 4.78 is 0. The lowest BCUT2D eigenvalue weighted by atomic mass is 10.1. The number of carbonyl (C=O) groups is 1. The third-order valence-corrected chi connectivity index (χ3v) is 5.96. The molecule has 4 aromatic rings. The van der Waals surface area contributed by atoms with Gasteiger partial charge in [-0.2, -0.15) is 0 Å². The molecule has 0 radical (unpaired) electrons. The molecule has 3 aromatic heterocycles. The number of aromatic amines is 1. The maximum atomic E-state index is 12.5. The standard InChI is InChI=1S/C17H12N4O2S3/c22-12(19-16-18-6-7-24-16)9-26-17-20-14(23)13-11(8-25-15(13)21-17)10-4-2-1-3-5-10/h1-8H,9H2,(H,18,19,22)(H,20,21,23). The molecule has 0 atom stereocenters. The number of thioether (sulfide) groups is 1. The summed E-state index contributed by atoms with van der Waals surface area (Å²) in [6.07, 6.45) is 1.63. The third kappa shape index (κ3) is 3.55. The van der Waals surface area contributed by atoms with Crippen molar-refractivity contribution >= 4 is 55.7 Å². The molecule has 0 aliphatic heterocycles. The van der Waals surface area contributed by atoms with E-state index < -0.39 is 0 Å². The average Bonchev–Trinajstić information content (AvgIpc) is 3.30. The van der Waals surface area contributed by atoms with Crippen LogP contribution in [0.4, 0.5) is 5.13 Å². The van der Waals surface area contributed by atoms with Crippen LogP contribution in [0, 0.1) is 0 Å². The lowest BCUT2D eigenvalue weighted by Gasteiger charge is -2.03. The first-order chi connectivity index (χ1) is 12.7. The molecule has 4 rings (SSSR count). The zero-order valence-electron chi connectivity index (χ0n) is 13.3. The van der Waals surface area contributed by atoms with E-state index in [1.807, 2.05) is 35.7 Å². The number of H-pyrrole nitrogens is 1. The van der Waals surface area contributed by atoms with E-state index in [1.54, 1.807) is 11.6 Å². The van der Waals surface area contributed by atoms with E-state index in [4.69, 9.17) is 0 Å². The monoisotopic (exact) mass is 400 g/mol. The highest BCUT2D eigenvalue weighted by atomic mass is 32.2. The van der Waals surface area contributed by atoms with Crippen LogP contribution in [-0.4, -0.2) is 26.6 Å². The van der Waals surface area contributed by atoms with Crippen molar-refractivity contribution < 1.29 is 4.79 Å². The van der Waals surface area contributed by atoms with Crippen LogP contribution in [0.5, 0.6) is 0 Å². The van der Waals surface area contributed by atoms with Gasteiger partial charge in [0.1, 0.15) is 4.83 Å². The predicted molar refractivity (Wildman–Crippen MR) is 107 cm³/mol. The molecule has 0 saturated carbocycles. The van der Waals surface area contributed by atoms with Gasteiger partial charge in [0.05, 0.1) is 11.1 Å². The number of thiophene rings is 1. The Morgan fingerprint density at radius 3 is 2.85 bits per heavy atom. The van der Waals surface area contributed by atoms with Crippen molar-refractivity contribution in [1.29, 1.82) is 0 Å². The molecule has 0 saturated heterocycles. The molecule has 3 heterocycles. The van der Waals surface area contributed by atoms with Gasteiger partial charge in [-0.15, -0.1) is 22.7 Å². The summed E-state index contributed by atoms with van der Waals surface area (Å²) in [6, 6.07) is 9.74. The second-order valence-electron chi connectivity index (χ2n) is 5.24. The highest BCUT2D eigenvalue weighted by Gasteiger charge is 2.14. The molecule has 9 heteroatoms. The van der Waals surface area contributed by atoms with Gasteiger partial charge in [0.15, 0.2) is 10.3 Å². The fraction of sp³-hybridized carbons (Fsp3) is 0.0588. The fourth-order valence-electron chi connectivity index (χ4n) is 2.40. The van der Waals surface area contributed by atoms with Crippen LogP contribution >= 0.6 is 34.4 Å². The number of nitrogens with zero attached hydrogens (tertiary/aromatic N) is 2. The highest BCUT2D eigenvalue weighted by molar-refractivity contribution is 7.99. The van der Waals surface area contributed by atoms with E-state index in [0.717, 1.165) is 11.1 Å². The number of aromatic nitrogens is 3. The number of hydrogen-bond acceptors (Lipinski definition) is 7. The highest BCUT2D eigenvalue weighted by Crippen LogP contribution is 2.31. The fourth-order valence-corrected chi connectivity index (χ4v) is 4.61. The molecule has 0 fully saturated rings. The summed E-state index contributed by atoms with van der Waals surface area (Å²) in [6.45, 7) is 0. The molecule has 0 bridgehead atoms. The van der Waals surface area contributed by atoms with E-state index in [1.165, 1.54) is 34.4 Å². The molecule has 0 unspecified atom stereocenters. The van der Waals surface area contributed by atoms with Crippen molar-refractivity contribution in [2.75, 3.05) is 11.1 Å². The van der Waals surface area contributed by atoms with Crippen molar-refractivity contribution in [3.05, 3.63) is 57.6 Å². The molecule has 2 N–H and O–H groups in total. The van der Waals surface area contributed by atoms with Crippen LogP contribution in [-0.2, 0) is 4.79 Å². The minimum absolute atomic E-state index is 0.144. The second kappa shape index (κ2) is 7.40. The second-order valence-corrected chi connectivity index (χ2v) is 7.96. The maximum absolute atomic E-state index is 12.5. The number of amides is 1. The topological polar surface area (TPSA) is 87.7 Å².